The predicted molar refractivity (Wildman–Crippen MR) is 115 cm³/mol. The Kier molecular flexibility index (Phi) is 7.13. The van der Waals surface area contributed by atoms with Gasteiger partial charge in [0.1, 0.15) is 6.61 Å². The second-order valence-corrected chi connectivity index (χ2v) is 8.98. The summed E-state index contributed by atoms with van der Waals surface area (Å²) in [6.07, 6.45) is 2.07. The molecular formula is C21H23Cl2NO3S. The Hall–Kier alpha value is -1.43. The molecule has 0 spiro atoms. The molecular weight excluding hydrogens is 417 g/mol. The molecule has 0 aromatic heterocycles. The fraction of sp³-hybridized carbons (Fsp3) is 0.429. The molecule has 0 saturated carbocycles. The molecule has 1 heterocycles. The summed E-state index contributed by atoms with van der Waals surface area (Å²) >= 11 is 14.0. The maximum absolute atomic E-state index is 13.0. The number of carbonyl (C=O) groups is 2. The molecule has 7 heteroatoms. The Morgan fingerprint density at radius 2 is 2.07 bits per heavy atom. The maximum Gasteiger partial charge on any atom is 0.336 e. The van der Waals surface area contributed by atoms with Crippen LogP contribution in [0.2, 0.25) is 10.0 Å². The Morgan fingerprint density at radius 1 is 1.29 bits per heavy atom. The van der Waals surface area contributed by atoms with Crippen LogP contribution in [0.15, 0.2) is 40.7 Å². The number of ketones is 1. The number of ether oxygens (including phenoxy) is 1. The zero-order valence-electron chi connectivity index (χ0n) is 15.9. The number of rotatable bonds is 6. The number of hydrogen-bond donors (Lipinski definition) is 1. The molecule has 3 rings (SSSR count). The van der Waals surface area contributed by atoms with Gasteiger partial charge in [0.25, 0.3) is 0 Å². The Balaban J connectivity index is 2.01. The number of halogens is 2. The molecule has 0 unspecified atom stereocenters. The Labute approximate surface area is 179 Å². The number of nitrogens with one attached hydrogen (secondary N) is 1. The number of Topliss-reactive ketones (excluding diaryl/α,β-unsaturated/α-hetero) is 1. The lowest BCUT2D eigenvalue weighted by Gasteiger charge is -2.34. The molecule has 1 aliphatic heterocycles. The molecule has 1 atom stereocenters. The second kappa shape index (κ2) is 9.38. The first-order chi connectivity index (χ1) is 13.4. The molecule has 0 amide bonds. The van der Waals surface area contributed by atoms with Gasteiger partial charge >= 0.3 is 5.97 Å². The van der Waals surface area contributed by atoms with Crippen molar-refractivity contribution >= 4 is 46.7 Å². The smallest absolute Gasteiger partial charge is 0.336 e. The largest absolute Gasteiger partial charge is 0.461 e. The first-order valence-corrected chi connectivity index (χ1v) is 11.3. The van der Waals surface area contributed by atoms with Crippen LogP contribution in [0.5, 0.6) is 0 Å². The third-order valence-electron chi connectivity index (χ3n) is 4.94. The van der Waals surface area contributed by atoms with Crippen molar-refractivity contribution in [3.05, 3.63) is 56.3 Å². The number of thioether (sulfide) groups is 1. The fourth-order valence-corrected chi connectivity index (χ4v) is 4.49. The van der Waals surface area contributed by atoms with Crippen molar-refractivity contribution < 1.29 is 14.3 Å². The van der Waals surface area contributed by atoms with Gasteiger partial charge in [-0.3, -0.25) is 4.79 Å². The van der Waals surface area contributed by atoms with Gasteiger partial charge in [-0.25, -0.2) is 4.79 Å². The van der Waals surface area contributed by atoms with Crippen LogP contribution in [0, 0.1) is 0 Å². The Bertz CT molecular complexity index is 863. The zero-order valence-corrected chi connectivity index (χ0v) is 18.3. The van der Waals surface area contributed by atoms with Crippen molar-refractivity contribution in [2.75, 3.05) is 18.1 Å². The molecule has 1 aromatic rings. The molecule has 1 aliphatic carbocycles. The molecule has 2 aliphatic rings. The van der Waals surface area contributed by atoms with Crippen molar-refractivity contribution in [3.8, 4) is 0 Å². The van der Waals surface area contributed by atoms with E-state index in [-0.39, 0.29) is 5.78 Å². The summed E-state index contributed by atoms with van der Waals surface area (Å²) < 4.78 is 5.52. The normalized spacial score (nSPS) is 19.4. The predicted octanol–water partition coefficient (Wildman–Crippen LogP) is 5.26. The molecule has 0 bridgehead atoms. The second-order valence-electron chi connectivity index (χ2n) is 6.77. The Morgan fingerprint density at radius 3 is 2.79 bits per heavy atom. The van der Waals surface area contributed by atoms with E-state index in [1.165, 1.54) is 0 Å². The lowest BCUT2D eigenvalue weighted by molar-refractivity contribution is -0.138. The highest BCUT2D eigenvalue weighted by molar-refractivity contribution is 7.99. The van der Waals surface area contributed by atoms with Crippen LogP contribution in [0.3, 0.4) is 0 Å². The van der Waals surface area contributed by atoms with Crippen LogP contribution in [0.4, 0.5) is 0 Å². The zero-order chi connectivity index (χ0) is 20.3. The third-order valence-corrected chi connectivity index (χ3v) is 6.54. The summed E-state index contributed by atoms with van der Waals surface area (Å²) in [5, 5.41) is 4.11. The SMILES string of the molecule is CCSCCOC(=O)C1=C(C)NC2=C(C(=O)CCC2)[C@H]1c1ccc(Cl)c(Cl)c1. The van der Waals surface area contributed by atoms with Gasteiger partial charge in [-0.2, -0.15) is 11.8 Å². The molecule has 0 fully saturated rings. The van der Waals surface area contributed by atoms with Gasteiger partial charge in [-0.05, 0) is 43.2 Å². The highest BCUT2D eigenvalue weighted by Crippen LogP contribution is 2.43. The van der Waals surface area contributed by atoms with E-state index in [4.69, 9.17) is 27.9 Å². The number of dihydropyridines is 1. The van der Waals surface area contributed by atoms with Crippen LogP contribution in [-0.4, -0.2) is 29.9 Å². The van der Waals surface area contributed by atoms with E-state index >= 15 is 0 Å². The van der Waals surface area contributed by atoms with Crippen LogP contribution in [-0.2, 0) is 14.3 Å². The van der Waals surface area contributed by atoms with Gasteiger partial charge in [-0.1, -0.05) is 36.2 Å². The number of carbonyl (C=O) groups excluding carboxylic acids is 2. The van der Waals surface area contributed by atoms with E-state index in [9.17, 15) is 9.59 Å². The van der Waals surface area contributed by atoms with Gasteiger partial charge in [0.2, 0.25) is 0 Å². The fourth-order valence-electron chi connectivity index (χ4n) is 3.69. The minimum atomic E-state index is -0.495. The minimum Gasteiger partial charge on any atom is -0.461 e. The molecule has 4 nitrogen and oxygen atoms in total. The number of allylic oxidation sites excluding steroid dienone is 3. The van der Waals surface area contributed by atoms with Gasteiger partial charge in [-0.15, -0.1) is 0 Å². The topological polar surface area (TPSA) is 55.4 Å². The van der Waals surface area contributed by atoms with Crippen LogP contribution < -0.4 is 5.32 Å². The quantitative estimate of drug-likeness (QED) is 0.483. The number of hydrogen-bond acceptors (Lipinski definition) is 5. The summed E-state index contributed by atoms with van der Waals surface area (Å²) in [6, 6.07) is 5.26. The molecule has 1 aromatic carbocycles. The van der Waals surface area contributed by atoms with Crippen molar-refractivity contribution in [2.24, 2.45) is 0 Å². The van der Waals surface area contributed by atoms with Crippen LogP contribution in [0.25, 0.3) is 0 Å². The van der Waals surface area contributed by atoms with E-state index in [0.717, 1.165) is 41.3 Å². The average molecular weight is 440 g/mol. The van der Waals surface area contributed by atoms with Gasteiger partial charge in [0.15, 0.2) is 5.78 Å². The van der Waals surface area contributed by atoms with Crippen molar-refractivity contribution in [3.63, 3.8) is 0 Å². The van der Waals surface area contributed by atoms with Crippen molar-refractivity contribution in [1.82, 2.24) is 5.32 Å². The van der Waals surface area contributed by atoms with Crippen molar-refractivity contribution in [2.45, 2.75) is 39.0 Å². The highest BCUT2D eigenvalue weighted by Gasteiger charge is 2.39. The summed E-state index contributed by atoms with van der Waals surface area (Å²) in [7, 11) is 0. The lowest BCUT2D eigenvalue weighted by atomic mass is 9.75. The molecule has 150 valence electrons. The summed E-state index contributed by atoms with van der Waals surface area (Å²) in [5.41, 5.74) is 3.49. The average Bonchev–Trinajstić information content (AvgIpc) is 2.66. The number of esters is 1. The van der Waals surface area contributed by atoms with E-state index in [2.05, 4.69) is 12.2 Å². The van der Waals surface area contributed by atoms with E-state index in [1.807, 2.05) is 13.0 Å². The standard InChI is InChI=1S/C21H23Cl2NO3S/c1-3-28-10-9-27-21(26)18-12(2)24-16-5-4-6-17(25)20(16)19(18)13-7-8-14(22)15(23)11-13/h7-8,11,19,24H,3-6,9-10H2,1-2H3/t19-/m0/s1. The van der Waals surface area contributed by atoms with Crippen LogP contribution in [0.1, 0.15) is 44.6 Å². The highest BCUT2D eigenvalue weighted by atomic mass is 35.5. The van der Waals surface area contributed by atoms with Crippen molar-refractivity contribution in [1.29, 1.82) is 0 Å². The van der Waals surface area contributed by atoms with Gasteiger partial charge in [0, 0.05) is 35.1 Å². The monoisotopic (exact) mass is 439 g/mol. The summed E-state index contributed by atoms with van der Waals surface area (Å²) in [5.74, 6) is 0.876. The lowest BCUT2D eigenvalue weighted by Crippen LogP contribution is -2.34. The van der Waals surface area contributed by atoms with Gasteiger partial charge in [0.05, 0.1) is 15.6 Å². The molecule has 1 N–H and O–H groups in total. The number of benzene rings is 1. The van der Waals surface area contributed by atoms with Gasteiger partial charge < -0.3 is 10.1 Å². The first kappa shape index (κ1) is 21.3. The third kappa shape index (κ3) is 4.42. The molecule has 28 heavy (non-hydrogen) atoms. The summed E-state index contributed by atoms with van der Waals surface area (Å²) in [6.45, 7) is 4.25. The molecule has 0 saturated heterocycles. The minimum absolute atomic E-state index is 0.0594. The maximum atomic E-state index is 13.0. The molecule has 0 radical (unpaired) electrons. The summed E-state index contributed by atoms with van der Waals surface area (Å²) in [4.78, 5) is 25.8. The van der Waals surface area contributed by atoms with Crippen LogP contribution >= 0.6 is 35.0 Å². The van der Waals surface area contributed by atoms with E-state index in [0.29, 0.717) is 34.2 Å². The first-order valence-electron chi connectivity index (χ1n) is 9.37. The van der Waals surface area contributed by atoms with E-state index < -0.39 is 11.9 Å². The van der Waals surface area contributed by atoms with E-state index in [1.54, 1.807) is 23.9 Å².